The molecule has 1 nitrogen and oxygen atoms in total. The predicted molar refractivity (Wildman–Crippen MR) is 60.6 cm³/mol. The molecule has 0 amide bonds. The number of anilines is 1. The molecule has 0 aliphatic heterocycles. The van der Waals surface area contributed by atoms with Crippen molar-refractivity contribution in [1.29, 1.82) is 0 Å². The summed E-state index contributed by atoms with van der Waals surface area (Å²) < 4.78 is 1.22. The van der Waals surface area contributed by atoms with Crippen molar-refractivity contribution >= 4 is 38.7 Å². The first kappa shape index (κ1) is 8.85. The van der Waals surface area contributed by atoms with Crippen LogP contribution in [0.3, 0.4) is 0 Å². The minimum Gasteiger partial charge on any atom is -0.397 e. The fourth-order valence-electron chi connectivity index (χ4n) is 1.39. The molecular weight excluding hydrogens is 202 g/mol. The van der Waals surface area contributed by atoms with Crippen LogP contribution >= 0.6 is 22.9 Å². The van der Waals surface area contributed by atoms with Gasteiger partial charge in [0.1, 0.15) is 0 Å². The van der Waals surface area contributed by atoms with E-state index in [2.05, 4.69) is 12.3 Å². The molecule has 1 aromatic carbocycles. The van der Waals surface area contributed by atoms with Gasteiger partial charge >= 0.3 is 0 Å². The van der Waals surface area contributed by atoms with Crippen molar-refractivity contribution in [1.82, 2.24) is 0 Å². The molecule has 0 radical (unpaired) electrons. The van der Waals surface area contributed by atoms with E-state index in [-0.39, 0.29) is 0 Å². The number of halogens is 1. The molecule has 0 bridgehead atoms. The number of thiophene rings is 1. The van der Waals surface area contributed by atoms with Crippen LogP contribution < -0.4 is 5.73 Å². The maximum Gasteiger partial charge on any atom is 0.0642 e. The van der Waals surface area contributed by atoms with Gasteiger partial charge in [-0.3, -0.25) is 0 Å². The largest absolute Gasteiger partial charge is 0.397 e. The lowest BCUT2D eigenvalue weighted by atomic mass is 10.1. The molecule has 0 fully saturated rings. The van der Waals surface area contributed by atoms with Gasteiger partial charge in [0.25, 0.3) is 0 Å². The van der Waals surface area contributed by atoms with Crippen molar-refractivity contribution in [2.75, 3.05) is 5.73 Å². The first-order valence-corrected chi connectivity index (χ1v) is 5.43. The Labute approximate surface area is 86.1 Å². The monoisotopic (exact) mass is 211 g/mol. The Balaban J connectivity index is 2.77. The van der Waals surface area contributed by atoms with E-state index in [4.69, 9.17) is 17.3 Å². The maximum atomic E-state index is 5.95. The molecule has 0 atom stereocenters. The summed E-state index contributed by atoms with van der Waals surface area (Å²) in [4.78, 5) is 0. The van der Waals surface area contributed by atoms with Gasteiger partial charge in [-0.1, -0.05) is 18.5 Å². The van der Waals surface area contributed by atoms with Crippen molar-refractivity contribution in [3.63, 3.8) is 0 Å². The first-order chi connectivity index (χ1) is 6.22. The summed E-state index contributed by atoms with van der Waals surface area (Å²) in [6.07, 6.45) is 1.04. The van der Waals surface area contributed by atoms with Gasteiger partial charge in [0.2, 0.25) is 0 Å². The van der Waals surface area contributed by atoms with Crippen molar-refractivity contribution in [3.05, 3.63) is 28.1 Å². The molecule has 68 valence electrons. The molecule has 2 N–H and O–H groups in total. The summed E-state index contributed by atoms with van der Waals surface area (Å²) in [5.74, 6) is 0. The molecule has 2 aromatic rings. The third-order valence-corrected chi connectivity index (χ3v) is 3.48. The third-order valence-electron chi connectivity index (χ3n) is 2.15. The molecule has 0 unspecified atom stereocenters. The van der Waals surface area contributed by atoms with Crippen molar-refractivity contribution in [3.8, 4) is 0 Å². The lowest BCUT2D eigenvalue weighted by molar-refractivity contribution is 1.17. The van der Waals surface area contributed by atoms with Crippen molar-refractivity contribution < 1.29 is 0 Å². The highest BCUT2D eigenvalue weighted by Gasteiger charge is 2.05. The molecule has 1 aromatic heterocycles. The second-order valence-electron chi connectivity index (χ2n) is 2.98. The zero-order valence-corrected chi connectivity index (χ0v) is 8.88. The topological polar surface area (TPSA) is 26.0 Å². The van der Waals surface area contributed by atoms with Gasteiger partial charge < -0.3 is 5.73 Å². The van der Waals surface area contributed by atoms with Crippen molar-refractivity contribution in [2.24, 2.45) is 0 Å². The number of aryl methyl sites for hydroxylation is 1. The number of rotatable bonds is 1. The van der Waals surface area contributed by atoms with E-state index in [1.54, 1.807) is 11.3 Å². The minimum atomic E-state index is 0.653. The second-order valence-corrected chi connectivity index (χ2v) is 4.30. The number of fused-ring (bicyclic) bond motifs is 1. The summed E-state index contributed by atoms with van der Waals surface area (Å²) in [5, 5.41) is 4.06. The van der Waals surface area contributed by atoms with Crippen LogP contribution in [0, 0.1) is 0 Å². The lowest BCUT2D eigenvalue weighted by Gasteiger charge is -1.99. The smallest absolute Gasteiger partial charge is 0.0642 e. The molecule has 0 saturated heterocycles. The average Bonchev–Trinajstić information content (AvgIpc) is 2.48. The fraction of sp³-hybridized carbons (Fsp3) is 0.200. The number of nitrogens with two attached hydrogens (primary N) is 1. The molecular formula is C10H10ClNS. The molecule has 3 heteroatoms. The average molecular weight is 212 g/mol. The predicted octanol–water partition coefficient (Wildman–Crippen LogP) is 3.70. The van der Waals surface area contributed by atoms with Crippen molar-refractivity contribution in [2.45, 2.75) is 13.3 Å². The van der Waals surface area contributed by atoms with E-state index in [0.717, 1.165) is 6.42 Å². The zero-order chi connectivity index (χ0) is 9.42. The quantitative estimate of drug-likeness (QED) is 0.716. The molecule has 0 spiro atoms. The molecule has 0 aliphatic rings. The Bertz CT molecular complexity index is 447. The van der Waals surface area contributed by atoms with Crippen LogP contribution in [0.4, 0.5) is 5.69 Å². The Kier molecular flexibility index (Phi) is 2.18. The van der Waals surface area contributed by atoms with Gasteiger partial charge in [0.05, 0.1) is 10.7 Å². The number of hydrogen-bond donors (Lipinski definition) is 1. The van der Waals surface area contributed by atoms with Crippen LogP contribution in [-0.4, -0.2) is 0 Å². The van der Waals surface area contributed by atoms with E-state index in [1.807, 2.05) is 12.1 Å². The minimum absolute atomic E-state index is 0.653. The fourth-order valence-corrected chi connectivity index (χ4v) is 2.63. The van der Waals surface area contributed by atoms with E-state index in [1.165, 1.54) is 15.6 Å². The first-order valence-electron chi connectivity index (χ1n) is 4.17. The van der Waals surface area contributed by atoms with E-state index >= 15 is 0 Å². The molecule has 13 heavy (non-hydrogen) atoms. The maximum absolute atomic E-state index is 5.95. The Morgan fingerprint density at radius 1 is 1.46 bits per heavy atom. The summed E-state index contributed by atoms with van der Waals surface area (Å²) in [6, 6.07) is 3.91. The summed E-state index contributed by atoms with van der Waals surface area (Å²) in [5.41, 5.74) is 7.73. The molecule has 2 rings (SSSR count). The Morgan fingerprint density at radius 3 is 2.92 bits per heavy atom. The lowest BCUT2D eigenvalue weighted by Crippen LogP contribution is -1.85. The highest BCUT2D eigenvalue weighted by atomic mass is 35.5. The summed E-state index contributed by atoms with van der Waals surface area (Å²) in [7, 11) is 0. The highest BCUT2D eigenvalue weighted by molar-refractivity contribution is 7.17. The molecule has 0 saturated carbocycles. The molecule has 0 aliphatic carbocycles. The SMILES string of the molecule is CCc1csc2cc(N)c(Cl)cc12. The Hall–Kier alpha value is -0.730. The Morgan fingerprint density at radius 2 is 2.23 bits per heavy atom. The van der Waals surface area contributed by atoms with Gasteiger partial charge in [0.15, 0.2) is 0 Å². The van der Waals surface area contributed by atoms with Crippen LogP contribution in [0.1, 0.15) is 12.5 Å². The number of hydrogen-bond acceptors (Lipinski definition) is 2. The standard InChI is InChI=1S/C10H10ClNS/c1-2-6-5-13-10-4-9(12)8(11)3-7(6)10/h3-5H,2,12H2,1H3. The van der Waals surface area contributed by atoms with Gasteiger partial charge in [0, 0.05) is 4.70 Å². The summed E-state index contributed by atoms with van der Waals surface area (Å²) >= 11 is 7.68. The zero-order valence-electron chi connectivity index (χ0n) is 7.30. The van der Waals surface area contributed by atoms with Crippen LogP contribution in [0.15, 0.2) is 17.5 Å². The van der Waals surface area contributed by atoms with Crippen LogP contribution in [0.5, 0.6) is 0 Å². The third kappa shape index (κ3) is 1.40. The van der Waals surface area contributed by atoms with Crippen LogP contribution in [0.2, 0.25) is 5.02 Å². The number of benzene rings is 1. The van der Waals surface area contributed by atoms with E-state index in [9.17, 15) is 0 Å². The number of nitrogen functional groups attached to an aromatic ring is 1. The van der Waals surface area contributed by atoms with Gasteiger partial charge in [-0.15, -0.1) is 11.3 Å². The van der Waals surface area contributed by atoms with Gasteiger partial charge in [-0.25, -0.2) is 0 Å². The van der Waals surface area contributed by atoms with Gasteiger partial charge in [-0.2, -0.15) is 0 Å². The van der Waals surface area contributed by atoms with Crippen LogP contribution in [0.25, 0.3) is 10.1 Å². The molecule has 1 heterocycles. The highest BCUT2D eigenvalue weighted by Crippen LogP contribution is 2.32. The van der Waals surface area contributed by atoms with Gasteiger partial charge in [-0.05, 0) is 34.9 Å². The van der Waals surface area contributed by atoms with Crippen LogP contribution in [-0.2, 0) is 6.42 Å². The normalized spacial score (nSPS) is 10.9. The van der Waals surface area contributed by atoms with E-state index in [0.29, 0.717) is 10.7 Å². The summed E-state index contributed by atoms with van der Waals surface area (Å²) in [6.45, 7) is 2.14. The second kappa shape index (κ2) is 3.20. The van der Waals surface area contributed by atoms with E-state index < -0.39 is 0 Å².